The molecule has 3 aliphatic heterocycles. The molecule has 136 valence electrons. The van der Waals surface area contributed by atoms with E-state index in [2.05, 4.69) is 28.5 Å². The van der Waals surface area contributed by atoms with Crippen LogP contribution in [0.1, 0.15) is 31.2 Å². The van der Waals surface area contributed by atoms with Gasteiger partial charge in [0.2, 0.25) is 5.91 Å². The van der Waals surface area contributed by atoms with Gasteiger partial charge < -0.3 is 9.64 Å². The Kier molecular flexibility index (Phi) is 4.11. The predicted octanol–water partition coefficient (Wildman–Crippen LogP) is 3.94. The molecule has 0 saturated carbocycles. The van der Waals surface area contributed by atoms with E-state index in [0.717, 1.165) is 50.5 Å². The summed E-state index contributed by atoms with van der Waals surface area (Å²) in [7, 11) is 0. The van der Waals surface area contributed by atoms with E-state index in [1.54, 1.807) is 11.3 Å². The summed E-state index contributed by atoms with van der Waals surface area (Å²) in [6.07, 6.45) is 4.55. The van der Waals surface area contributed by atoms with Gasteiger partial charge in [0.25, 0.3) is 0 Å². The first-order chi connectivity index (χ1) is 12.8. The van der Waals surface area contributed by atoms with Crippen LogP contribution >= 0.6 is 11.3 Å². The van der Waals surface area contributed by atoms with E-state index in [1.807, 2.05) is 22.4 Å². The standard InChI is InChI=1S/C21H24N2O2S/c24-20-21(8-10-22(11-9-21)14-17-4-3-12-25-17)18-5-1-2-6-19(18)23(20)16-7-13-26-15-16/h1-2,5-7,13,15,17H,3-4,8-12,14H2. The zero-order valence-corrected chi connectivity index (χ0v) is 15.7. The van der Waals surface area contributed by atoms with E-state index >= 15 is 0 Å². The molecule has 0 aliphatic carbocycles. The fourth-order valence-electron chi connectivity index (χ4n) is 4.83. The van der Waals surface area contributed by atoms with Crippen molar-refractivity contribution in [3.63, 3.8) is 0 Å². The third kappa shape index (κ3) is 2.53. The summed E-state index contributed by atoms with van der Waals surface area (Å²) >= 11 is 1.64. The van der Waals surface area contributed by atoms with E-state index in [-0.39, 0.29) is 11.3 Å². The SMILES string of the molecule is O=C1N(c2ccsc2)c2ccccc2C12CCN(CC1CCCO1)CC2. The van der Waals surface area contributed by atoms with Gasteiger partial charge in [0, 0.05) is 18.5 Å². The Hall–Kier alpha value is -1.69. The summed E-state index contributed by atoms with van der Waals surface area (Å²) in [4.78, 5) is 18.0. The van der Waals surface area contributed by atoms with Crippen LogP contribution in [0.3, 0.4) is 0 Å². The Morgan fingerprint density at radius 2 is 2.04 bits per heavy atom. The number of hydrogen-bond acceptors (Lipinski definition) is 4. The first-order valence-electron chi connectivity index (χ1n) is 9.58. The molecule has 2 aromatic rings. The molecule has 4 nitrogen and oxygen atoms in total. The number of fused-ring (bicyclic) bond motifs is 2. The van der Waals surface area contributed by atoms with Crippen molar-refractivity contribution >= 4 is 28.6 Å². The largest absolute Gasteiger partial charge is 0.377 e. The highest BCUT2D eigenvalue weighted by Gasteiger charge is 2.52. The maximum atomic E-state index is 13.6. The second-order valence-electron chi connectivity index (χ2n) is 7.66. The highest BCUT2D eigenvalue weighted by Crippen LogP contribution is 2.50. The van der Waals surface area contributed by atoms with Gasteiger partial charge in [0.1, 0.15) is 0 Å². The van der Waals surface area contributed by atoms with Crippen LogP contribution in [0.25, 0.3) is 0 Å². The molecule has 5 rings (SSSR count). The third-order valence-corrected chi connectivity index (χ3v) is 6.90. The number of nitrogens with zero attached hydrogens (tertiary/aromatic N) is 2. The molecule has 4 heterocycles. The summed E-state index contributed by atoms with van der Waals surface area (Å²) < 4.78 is 5.80. The topological polar surface area (TPSA) is 32.8 Å². The van der Waals surface area contributed by atoms with Gasteiger partial charge in [-0.25, -0.2) is 0 Å². The van der Waals surface area contributed by atoms with Crippen LogP contribution in [0.15, 0.2) is 41.1 Å². The number of ether oxygens (including phenoxy) is 1. The number of carbonyl (C=O) groups excluding carboxylic acids is 1. The Labute approximate surface area is 158 Å². The first kappa shape index (κ1) is 16.5. The molecule has 2 saturated heterocycles. The molecule has 1 spiro atoms. The number of amides is 1. The number of hydrogen-bond donors (Lipinski definition) is 0. The fourth-order valence-corrected chi connectivity index (χ4v) is 5.45. The van der Waals surface area contributed by atoms with Gasteiger partial charge in [-0.2, -0.15) is 11.3 Å². The number of rotatable bonds is 3. The molecule has 0 N–H and O–H groups in total. The molecule has 2 fully saturated rings. The predicted molar refractivity (Wildman–Crippen MR) is 104 cm³/mol. The van der Waals surface area contributed by atoms with Gasteiger partial charge in [0.05, 0.1) is 22.9 Å². The van der Waals surface area contributed by atoms with Crippen molar-refractivity contribution in [2.45, 2.75) is 37.2 Å². The van der Waals surface area contributed by atoms with E-state index in [0.29, 0.717) is 6.10 Å². The molecular weight excluding hydrogens is 344 g/mol. The molecule has 0 radical (unpaired) electrons. The normalized spacial score (nSPS) is 25.2. The van der Waals surface area contributed by atoms with Gasteiger partial charge in [-0.15, -0.1) is 0 Å². The van der Waals surface area contributed by atoms with Crippen LogP contribution in [0, 0.1) is 0 Å². The second-order valence-corrected chi connectivity index (χ2v) is 8.44. The second kappa shape index (κ2) is 6.48. The number of carbonyl (C=O) groups is 1. The smallest absolute Gasteiger partial charge is 0.242 e. The Morgan fingerprint density at radius 3 is 2.77 bits per heavy atom. The minimum Gasteiger partial charge on any atom is -0.377 e. The van der Waals surface area contributed by atoms with Crippen molar-refractivity contribution in [1.82, 2.24) is 4.90 Å². The lowest BCUT2D eigenvalue weighted by atomic mass is 9.73. The summed E-state index contributed by atoms with van der Waals surface area (Å²) in [6.45, 7) is 3.86. The lowest BCUT2D eigenvalue weighted by molar-refractivity contribution is -0.124. The van der Waals surface area contributed by atoms with Crippen molar-refractivity contribution in [2.75, 3.05) is 31.1 Å². The number of para-hydroxylation sites is 1. The molecule has 1 aromatic carbocycles. The number of anilines is 2. The van der Waals surface area contributed by atoms with Crippen LogP contribution in [0.5, 0.6) is 0 Å². The van der Waals surface area contributed by atoms with Crippen molar-refractivity contribution in [1.29, 1.82) is 0 Å². The first-order valence-corrected chi connectivity index (χ1v) is 10.5. The van der Waals surface area contributed by atoms with Crippen molar-refractivity contribution in [3.8, 4) is 0 Å². The summed E-state index contributed by atoms with van der Waals surface area (Å²) in [5.41, 5.74) is 2.94. The zero-order valence-electron chi connectivity index (χ0n) is 14.9. The minimum absolute atomic E-state index is 0.258. The van der Waals surface area contributed by atoms with Crippen LogP contribution in [-0.4, -0.2) is 43.2 Å². The number of thiophene rings is 1. The maximum Gasteiger partial charge on any atom is 0.242 e. The number of likely N-dealkylation sites (tertiary alicyclic amines) is 1. The van der Waals surface area contributed by atoms with Crippen LogP contribution in [0.4, 0.5) is 11.4 Å². The van der Waals surface area contributed by atoms with Crippen LogP contribution < -0.4 is 4.90 Å². The van der Waals surface area contributed by atoms with E-state index in [4.69, 9.17) is 4.74 Å². The van der Waals surface area contributed by atoms with Gasteiger partial charge in [0.15, 0.2) is 0 Å². The Morgan fingerprint density at radius 1 is 1.19 bits per heavy atom. The molecule has 1 unspecified atom stereocenters. The molecular formula is C21H24N2O2S. The highest BCUT2D eigenvalue weighted by molar-refractivity contribution is 7.08. The third-order valence-electron chi connectivity index (χ3n) is 6.23. The Balaban J connectivity index is 1.41. The molecule has 3 aliphatic rings. The summed E-state index contributed by atoms with van der Waals surface area (Å²) in [6, 6.07) is 10.4. The average molecular weight is 369 g/mol. The Bertz CT molecular complexity index is 790. The monoisotopic (exact) mass is 368 g/mol. The van der Waals surface area contributed by atoms with Crippen LogP contribution in [0.2, 0.25) is 0 Å². The molecule has 5 heteroatoms. The number of piperidine rings is 1. The minimum atomic E-state index is -0.356. The summed E-state index contributed by atoms with van der Waals surface area (Å²) in [5.74, 6) is 0.258. The lowest BCUT2D eigenvalue weighted by Crippen LogP contribution is -2.49. The molecule has 0 bridgehead atoms. The van der Waals surface area contributed by atoms with Gasteiger partial charge in [-0.1, -0.05) is 18.2 Å². The van der Waals surface area contributed by atoms with E-state index < -0.39 is 0 Å². The molecule has 26 heavy (non-hydrogen) atoms. The fraction of sp³-hybridized carbons (Fsp3) is 0.476. The average Bonchev–Trinajstić information content (AvgIpc) is 3.40. The van der Waals surface area contributed by atoms with Crippen molar-refractivity contribution in [3.05, 3.63) is 46.7 Å². The highest BCUT2D eigenvalue weighted by atomic mass is 32.1. The van der Waals surface area contributed by atoms with Crippen LogP contribution in [-0.2, 0) is 14.9 Å². The molecule has 1 atom stereocenters. The maximum absolute atomic E-state index is 13.6. The zero-order chi connectivity index (χ0) is 17.6. The van der Waals surface area contributed by atoms with Gasteiger partial charge in [-0.05, 0) is 61.8 Å². The van der Waals surface area contributed by atoms with Gasteiger partial charge >= 0.3 is 0 Å². The molecule has 1 amide bonds. The number of benzene rings is 1. The van der Waals surface area contributed by atoms with Crippen molar-refractivity contribution < 1.29 is 9.53 Å². The van der Waals surface area contributed by atoms with Gasteiger partial charge in [-0.3, -0.25) is 9.69 Å². The lowest BCUT2D eigenvalue weighted by Gasteiger charge is -2.39. The van der Waals surface area contributed by atoms with E-state index in [1.165, 1.54) is 18.4 Å². The quantitative estimate of drug-likeness (QED) is 0.823. The molecule has 1 aromatic heterocycles. The van der Waals surface area contributed by atoms with Crippen molar-refractivity contribution in [2.24, 2.45) is 0 Å². The van der Waals surface area contributed by atoms with E-state index in [9.17, 15) is 4.79 Å². The summed E-state index contributed by atoms with van der Waals surface area (Å²) in [5, 5.41) is 4.11.